The van der Waals surface area contributed by atoms with E-state index in [2.05, 4.69) is 0 Å². The van der Waals surface area contributed by atoms with Crippen LogP contribution in [0.1, 0.15) is 5.56 Å². The minimum Gasteiger partial charge on any atom is -0.365 e. The van der Waals surface area contributed by atoms with E-state index < -0.39 is 5.91 Å². The van der Waals surface area contributed by atoms with Crippen LogP contribution < -0.4 is 5.73 Å². The van der Waals surface area contributed by atoms with Crippen LogP contribution in [0.5, 0.6) is 0 Å². The van der Waals surface area contributed by atoms with Gasteiger partial charge in [0.2, 0.25) is 0 Å². The molecule has 1 aromatic rings. The number of nitrogens with two attached hydrogens (primary N) is 1. The third-order valence-corrected chi connectivity index (χ3v) is 1.74. The van der Waals surface area contributed by atoms with E-state index >= 15 is 0 Å². The zero-order valence-electron chi connectivity index (χ0n) is 8.05. The number of rotatable bonds is 3. The number of hydrogen-bond acceptors (Lipinski definition) is 2. The van der Waals surface area contributed by atoms with E-state index in [1.165, 1.54) is 6.08 Å². The number of hydrogen-bond donors (Lipinski definition) is 1. The van der Waals surface area contributed by atoms with E-state index in [0.717, 1.165) is 5.56 Å². The molecule has 0 unspecified atom stereocenters. The zero-order chi connectivity index (χ0) is 11.1. The summed E-state index contributed by atoms with van der Waals surface area (Å²) >= 11 is 0. The van der Waals surface area contributed by atoms with E-state index in [4.69, 9.17) is 11.0 Å². The molecular formula is C12H10N2O. The van der Waals surface area contributed by atoms with Crippen LogP contribution in [0.3, 0.4) is 0 Å². The number of allylic oxidation sites excluding steroid dienone is 2. The number of nitriles is 1. The Balaban J connectivity index is 2.76. The first-order chi connectivity index (χ1) is 7.24. The van der Waals surface area contributed by atoms with Crippen LogP contribution in [0.15, 0.2) is 48.1 Å². The highest BCUT2D eigenvalue weighted by atomic mass is 16.1. The molecule has 0 aliphatic rings. The number of nitrogens with zero attached hydrogens (tertiary/aromatic N) is 1. The molecule has 1 rings (SSSR count). The Morgan fingerprint density at radius 1 is 1.33 bits per heavy atom. The number of benzene rings is 1. The summed E-state index contributed by atoms with van der Waals surface area (Å²) in [6, 6.07) is 11.3. The second-order valence-corrected chi connectivity index (χ2v) is 2.83. The van der Waals surface area contributed by atoms with Gasteiger partial charge in [-0.05, 0) is 11.6 Å². The van der Waals surface area contributed by atoms with Crippen LogP contribution in [0, 0.1) is 11.3 Å². The van der Waals surface area contributed by atoms with E-state index in [-0.39, 0.29) is 5.57 Å². The van der Waals surface area contributed by atoms with Gasteiger partial charge >= 0.3 is 0 Å². The third kappa shape index (κ3) is 3.49. The lowest BCUT2D eigenvalue weighted by atomic mass is 10.2. The van der Waals surface area contributed by atoms with Gasteiger partial charge < -0.3 is 5.73 Å². The molecule has 1 aromatic carbocycles. The molecule has 2 N–H and O–H groups in total. The van der Waals surface area contributed by atoms with Crippen LogP contribution in [0.25, 0.3) is 6.08 Å². The van der Waals surface area contributed by atoms with Gasteiger partial charge in [0.25, 0.3) is 5.91 Å². The first-order valence-corrected chi connectivity index (χ1v) is 4.37. The third-order valence-electron chi connectivity index (χ3n) is 1.74. The molecule has 0 spiro atoms. The highest BCUT2D eigenvalue weighted by Crippen LogP contribution is 2.01. The molecule has 15 heavy (non-hydrogen) atoms. The van der Waals surface area contributed by atoms with Gasteiger partial charge in [0.05, 0.1) is 0 Å². The van der Waals surface area contributed by atoms with Gasteiger partial charge in [0.15, 0.2) is 0 Å². The van der Waals surface area contributed by atoms with E-state index in [1.54, 1.807) is 18.2 Å². The van der Waals surface area contributed by atoms with Crippen LogP contribution >= 0.6 is 0 Å². The smallest absolute Gasteiger partial charge is 0.259 e. The highest BCUT2D eigenvalue weighted by Gasteiger charge is 1.99. The maximum absolute atomic E-state index is 10.7. The van der Waals surface area contributed by atoms with Crippen molar-refractivity contribution in [3.05, 3.63) is 53.6 Å². The van der Waals surface area contributed by atoms with Crippen molar-refractivity contribution < 1.29 is 4.79 Å². The Morgan fingerprint density at radius 3 is 2.53 bits per heavy atom. The van der Waals surface area contributed by atoms with Gasteiger partial charge in [-0.15, -0.1) is 0 Å². The largest absolute Gasteiger partial charge is 0.365 e. The average molecular weight is 198 g/mol. The molecule has 0 aliphatic carbocycles. The van der Waals surface area contributed by atoms with Gasteiger partial charge in [-0.3, -0.25) is 4.79 Å². The standard InChI is InChI=1S/C12H10N2O/c13-9-11(12(14)15)8-4-7-10-5-2-1-3-6-10/h1-8H,(H2,14,15)/b7-4-,11-8-. The minimum atomic E-state index is -0.713. The molecule has 74 valence electrons. The van der Waals surface area contributed by atoms with Crippen molar-refractivity contribution in [3.8, 4) is 6.07 Å². The quantitative estimate of drug-likeness (QED) is 0.455. The van der Waals surface area contributed by atoms with Gasteiger partial charge in [-0.1, -0.05) is 42.5 Å². The molecule has 0 heterocycles. The fraction of sp³-hybridized carbons (Fsp3) is 0. The van der Waals surface area contributed by atoms with E-state index in [1.807, 2.05) is 30.3 Å². The maximum Gasteiger partial charge on any atom is 0.259 e. The molecule has 0 atom stereocenters. The molecule has 0 bridgehead atoms. The van der Waals surface area contributed by atoms with Crippen molar-refractivity contribution >= 4 is 12.0 Å². The van der Waals surface area contributed by atoms with Gasteiger partial charge in [-0.25, -0.2) is 0 Å². The molecule has 0 aromatic heterocycles. The average Bonchev–Trinajstić information content (AvgIpc) is 2.25. The summed E-state index contributed by atoms with van der Waals surface area (Å²) in [7, 11) is 0. The number of carbonyl (C=O) groups is 1. The number of amides is 1. The summed E-state index contributed by atoms with van der Waals surface area (Å²) < 4.78 is 0. The molecule has 0 radical (unpaired) electrons. The van der Waals surface area contributed by atoms with Crippen molar-refractivity contribution in [2.75, 3.05) is 0 Å². The fourth-order valence-corrected chi connectivity index (χ4v) is 0.994. The SMILES string of the molecule is N#C/C(=C/C=C\c1ccccc1)C(N)=O. The summed E-state index contributed by atoms with van der Waals surface area (Å²) in [6.45, 7) is 0. The lowest BCUT2D eigenvalue weighted by Crippen LogP contribution is -2.12. The second-order valence-electron chi connectivity index (χ2n) is 2.83. The summed E-state index contributed by atoms with van der Waals surface area (Å²) in [6.07, 6.45) is 4.81. The van der Waals surface area contributed by atoms with Crippen LogP contribution in [0.4, 0.5) is 0 Å². The molecular weight excluding hydrogens is 188 g/mol. The Kier molecular flexibility index (Phi) is 3.87. The number of carbonyl (C=O) groups excluding carboxylic acids is 1. The van der Waals surface area contributed by atoms with Crippen LogP contribution in [-0.4, -0.2) is 5.91 Å². The Labute approximate surface area is 88.1 Å². The van der Waals surface area contributed by atoms with Crippen LogP contribution in [0.2, 0.25) is 0 Å². The lowest BCUT2D eigenvalue weighted by molar-refractivity contribution is -0.114. The lowest BCUT2D eigenvalue weighted by Gasteiger charge is -1.89. The second kappa shape index (κ2) is 5.40. The van der Waals surface area contributed by atoms with Gasteiger partial charge in [0.1, 0.15) is 11.6 Å². The van der Waals surface area contributed by atoms with Crippen LogP contribution in [-0.2, 0) is 4.79 Å². The molecule has 0 saturated carbocycles. The van der Waals surface area contributed by atoms with E-state index in [0.29, 0.717) is 0 Å². The first-order valence-electron chi connectivity index (χ1n) is 4.37. The van der Waals surface area contributed by atoms with Crippen molar-refractivity contribution in [1.29, 1.82) is 5.26 Å². The van der Waals surface area contributed by atoms with Crippen molar-refractivity contribution in [1.82, 2.24) is 0 Å². The summed E-state index contributed by atoms with van der Waals surface area (Å²) in [4.78, 5) is 10.7. The first kappa shape index (κ1) is 10.7. The molecule has 0 saturated heterocycles. The molecule has 3 heteroatoms. The Hall–Kier alpha value is -2.34. The molecule has 3 nitrogen and oxygen atoms in total. The topological polar surface area (TPSA) is 66.9 Å². The number of primary amides is 1. The normalized spacial score (nSPS) is 11.3. The highest BCUT2D eigenvalue weighted by molar-refractivity contribution is 5.96. The maximum atomic E-state index is 10.7. The predicted octanol–water partition coefficient (Wildman–Crippen LogP) is 1.64. The summed E-state index contributed by atoms with van der Waals surface area (Å²) in [5.74, 6) is -0.713. The van der Waals surface area contributed by atoms with Crippen molar-refractivity contribution in [2.45, 2.75) is 0 Å². The summed E-state index contributed by atoms with van der Waals surface area (Å²) in [5.41, 5.74) is 5.91. The molecule has 0 fully saturated rings. The van der Waals surface area contributed by atoms with Crippen molar-refractivity contribution in [2.24, 2.45) is 5.73 Å². The van der Waals surface area contributed by atoms with Gasteiger partial charge in [0, 0.05) is 0 Å². The monoisotopic (exact) mass is 198 g/mol. The van der Waals surface area contributed by atoms with Crippen molar-refractivity contribution in [3.63, 3.8) is 0 Å². The van der Waals surface area contributed by atoms with Gasteiger partial charge in [-0.2, -0.15) is 5.26 Å². The fourth-order valence-electron chi connectivity index (χ4n) is 0.994. The molecule has 0 aliphatic heterocycles. The molecule has 1 amide bonds. The van der Waals surface area contributed by atoms with E-state index in [9.17, 15) is 4.79 Å². The zero-order valence-corrected chi connectivity index (χ0v) is 8.05. The Bertz CT molecular complexity index is 438. The minimum absolute atomic E-state index is 0.0535. The Morgan fingerprint density at radius 2 is 2.00 bits per heavy atom. The summed E-state index contributed by atoms with van der Waals surface area (Å²) in [5, 5.41) is 8.54. The predicted molar refractivity (Wildman–Crippen MR) is 58.4 cm³/mol.